The molecule has 0 unspecified atom stereocenters. The van der Waals surface area contributed by atoms with Gasteiger partial charge in [-0.15, -0.1) is 0 Å². The van der Waals surface area contributed by atoms with Gasteiger partial charge in [0.1, 0.15) is 41.7 Å². The molecule has 1 aromatic carbocycles. The molecule has 3 aliphatic rings. The average Bonchev–Trinajstić information content (AvgIpc) is 3.58. The highest BCUT2D eigenvalue weighted by molar-refractivity contribution is 6.33. The van der Waals surface area contributed by atoms with Gasteiger partial charge in [-0.2, -0.15) is 13.2 Å². The fourth-order valence-electron chi connectivity index (χ4n) is 8.99. The van der Waals surface area contributed by atoms with Crippen LogP contribution >= 0.6 is 23.2 Å². The fraction of sp³-hybridized carbons (Fsp3) is 0.705. The van der Waals surface area contributed by atoms with Crippen molar-refractivity contribution in [3.8, 4) is 0 Å². The molecule has 3 fully saturated rings. The number of carbonyl (C=O) groups excluding carboxylic acids is 7. The number of alkyl halides is 5. The second-order valence-electron chi connectivity index (χ2n) is 18.2. The highest BCUT2D eigenvalue weighted by atomic mass is 35.5. The first-order chi connectivity index (χ1) is 30.2. The van der Waals surface area contributed by atoms with Crippen molar-refractivity contribution < 1.29 is 55.5 Å². The summed E-state index contributed by atoms with van der Waals surface area (Å²) in [7, 11) is 4.20. The van der Waals surface area contributed by atoms with Crippen molar-refractivity contribution in [3.63, 3.8) is 0 Å². The summed E-state index contributed by atoms with van der Waals surface area (Å²) in [6, 6.07) is -3.63. The van der Waals surface area contributed by atoms with Crippen LogP contribution in [0.3, 0.4) is 0 Å². The number of likely N-dealkylation sites (tertiary alicyclic amines) is 1. The molecular formula is C44H62Cl2F5N7O7. The molecule has 2 saturated heterocycles. The lowest BCUT2D eigenvalue weighted by molar-refractivity contribution is -0.236. The summed E-state index contributed by atoms with van der Waals surface area (Å²) in [6.07, 6.45) is -6.21. The van der Waals surface area contributed by atoms with E-state index in [0.29, 0.717) is 23.4 Å². The average molecular weight is 967 g/mol. The molecule has 0 spiro atoms. The van der Waals surface area contributed by atoms with Crippen LogP contribution < -0.4 is 16.0 Å². The van der Waals surface area contributed by atoms with Crippen LogP contribution in [0.5, 0.6) is 0 Å². The van der Waals surface area contributed by atoms with E-state index in [0.717, 1.165) is 4.90 Å². The van der Waals surface area contributed by atoms with Crippen molar-refractivity contribution in [2.45, 2.75) is 153 Å². The monoisotopic (exact) mass is 965 g/mol. The highest BCUT2D eigenvalue weighted by Gasteiger charge is 2.64. The van der Waals surface area contributed by atoms with Crippen LogP contribution in [0, 0.1) is 11.3 Å². The third-order valence-corrected chi connectivity index (χ3v) is 13.4. The Labute approximate surface area is 387 Å². The van der Waals surface area contributed by atoms with Gasteiger partial charge in [-0.05, 0) is 81.5 Å². The maximum atomic E-state index is 14.9. The predicted octanol–water partition coefficient (Wildman–Crippen LogP) is 5.51. The van der Waals surface area contributed by atoms with Crippen molar-refractivity contribution >= 4 is 64.6 Å². The predicted molar refractivity (Wildman–Crippen MR) is 233 cm³/mol. The lowest BCUT2D eigenvalue weighted by Gasteiger charge is -2.41. The normalized spacial score (nSPS) is 25.5. The Morgan fingerprint density at radius 2 is 1.55 bits per heavy atom. The Kier molecular flexibility index (Phi) is 18.1. The zero-order valence-electron chi connectivity index (χ0n) is 38.0. The van der Waals surface area contributed by atoms with Gasteiger partial charge in [0.05, 0.1) is 6.54 Å². The van der Waals surface area contributed by atoms with Gasteiger partial charge in [-0.3, -0.25) is 33.6 Å². The molecule has 7 amide bonds. The van der Waals surface area contributed by atoms with E-state index in [-0.39, 0.29) is 67.3 Å². The van der Waals surface area contributed by atoms with Crippen LogP contribution in [0.2, 0.25) is 10.0 Å². The molecule has 2 heterocycles. The van der Waals surface area contributed by atoms with Crippen molar-refractivity contribution in [1.82, 2.24) is 35.6 Å². The van der Waals surface area contributed by atoms with E-state index in [1.54, 1.807) is 32.2 Å². The molecular weight excluding hydrogens is 904 g/mol. The van der Waals surface area contributed by atoms with Gasteiger partial charge in [0.2, 0.25) is 41.4 Å². The molecule has 2 aliphatic heterocycles. The van der Waals surface area contributed by atoms with E-state index in [9.17, 15) is 55.5 Å². The Balaban J connectivity index is 1.64. The summed E-state index contributed by atoms with van der Waals surface area (Å²) in [4.78, 5) is 102. The van der Waals surface area contributed by atoms with E-state index in [4.69, 9.17) is 23.2 Å². The summed E-state index contributed by atoms with van der Waals surface area (Å²) in [5.74, 6) is -10.1. The molecule has 6 atom stereocenters. The maximum absolute atomic E-state index is 14.9. The van der Waals surface area contributed by atoms with Gasteiger partial charge >= 0.3 is 6.18 Å². The molecule has 4 rings (SSSR count). The molecule has 1 aromatic rings. The van der Waals surface area contributed by atoms with Crippen molar-refractivity contribution in [2.75, 3.05) is 34.2 Å². The van der Waals surface area contributed by atoms with Gasteiger partial charge in [0.25, 0.3) is 5.92 Å². The van der Waals surface area contributed by atoms with Crippen LogP contribution in [0.1, 0.15) is 104 Å². The molecule has 364 valence electrons. The molecule has 3 N–H and O–H groups in total. The smallest absolute Gasteiger partial charge is 0.344 e. The number of carbonyl (C=O) groups is 7. The molecule has 0 aromatic heterocycles. The summed E-state index contributed by atoms with van der Waals surface area (Å²) in [5.41, 5.74) is -2.49. The minimum absolute atomic E-state index is 0.00428. The zero-order chi connectivity index (χ0) is 48.8. The minimum atomic E-state index is -5.06. The minimum Gasteiger partial charge on any atom is -0.344 e. The second kappa shape index (κ2) is 22.0. The lowest BCUT2D eigenvalue weighted by Crippen LogP contribution is -2.60. The molecule has 0 bridgehead atoms. The van der Waals surface area contributed by atoms with Crippen LogP contribution in [-0.4, -0.2) is 144 Å². The number of likely N-dealkylation sites (N-methyl/N-ethyl adjacent to an activating group) is 3. The van der Waals surface area contributed by atoms with Gasteiger partial charge in [0, 0.05) is 50.6 Å². The Hall–Kier alpha value is -4.26. The maximum Gasteiger partial charge on any atom is 0.403 e. The Bertz CT molecular complexity index is 1940. The van der Waals surface area contributed by atoms with E-state index in [2.05, 4.69) is 16.0 Å². The largest absolute Gasteiger partial charge is 0.403 e. The number of benzene rings is 1. The van der Waals surface area contributed by atoms with Crippen molar-refractivity contribution in [3.05, 3.63) is 33.8 Å². The molecule has 1 saturated carbocycles. The molecule has 21 heteroatoms. The van der Waals surface area contributed by atoms with Gasteiger partial charge in [0.15, 0.2) is 0 Å². The first-order valence-corrected chi connectivity index (χ1v) is 22.9. The first kappa shape index (κ1) is 53.4. The molecule has 14 nitrogen and oxygen atoms in total. The van der Waals surface area contributed by atoms with Crippen LogP contribution in [0.15, 0.2) is 18.2 Å². The van der Waals surface area contributed by atoms with E-state index in [1.165, 1.54) is 30.8 Å². The number of hydrogen-bond acceptors (Lipinski definition) is 7. The van der Waals surface area contributed by atoms with Crippen molar-refractivity contribution in [1.29, 1.82) is 0 Å². The number of rotatable bonds is 10. The van der Waals surface area contributed by atoms with E-state index >= 15 is 0 Å². The topological polar surface area (TPSA) is 169 Å². The van der Waals surface area contributed by atoms with Crippen LogP contribution in [-0.2, 0) is 40.0 Å². The number of halogens is 7. The summed E-state index contributed by atoms with van der Waals surface area (Å²) < 4.78 is 73.3. The van der Waals surface area contributed by atoms with Gasteiger partial charge in [-0.25, -0.2) is 8.78 Å². The second-order valence-corrected chi connectivity index (χ2v) is 19.0. The quantitative estimate of drug-likeness (QED) is 0.260. The molecule has 65 heavy (non-hydrogen) atoms. The Morgan fingerprint density at radius 3 is 2.15 bits per heavy atom. The van der Waals surface area contributed by atoms with E-state index in [1.807, 2.05) is 13.8 Å². The van der Waals surface area contributed by atoms with Gasteiger partial charge in [-0.1, -0.05) is 63.2 Å². The number of amides is 7. The van der Waals surface area contributed by atoms with Crippen LogP contribution in [0.25, 0.3) is 0 Å². The molecule has 0 radical (unpaired) electrons. The highest BCUT2D eigenvalue weighted by Crippen LogP contribution is 2.51. The standard InChI is InChI=1S/C44H62Cl2F5N7O7/c1-8-30-39(63)55(5)19-13-10-14-32(35(59)54-31(20-25(2)3)40(64)57(7)33(36(60)53-30)22-27-21-28(45)15-16-29(27)46)56(6)38(62)26(4)52-37(61)34-23-43(47,48)24-58(34)41(65)42(44(49,50)51)17-11-9-12-18-42/h15-16,21,25-26,30-34H,8-14,17-20,22-24H2,1-7H3,(H,52,61)(H,53,60)(H,54,59)/t26-,30+,31-,32-,33-,34-/m0/s1. The third kappa shape index (κ3) is 12.8. The number of hydrogen-bond donors (Lipinski definition) is 3. The first-order valence-electron chi connectivity index (χ1n) is 22.1. The lowest BCUT2D eigenvalue weighted by atomic mass is 9.72. The van der Waals surface area contributed by atoms with E-state index < -0.39 is 121 Å². The summed E-state index contributed by atoms with van der Waals surface area (Å²) >= 11 is 12.8. The van der Waals surface area contributed by atoms with Gasteiger partial charge < -0.3 is 35.6 Å². The third-order valence-electron chi connectivity index (χ3n) is 12.8. The fourth-order valence-corrected chi connectivity index (χ4v) is 9.38. The Morgan fingerprint density at radius 1 is 0.923 bits per heavy atom. The zero-order valence-corrected chi connectivity index (χ0v) is 39.5. The summed E-state index contributed by atoms with van der Waals surface area (Å²) in [6.45, 7) is 5.35. The summed E-state index contributed by atoms with van der Waals surface area (Å²) in [5, 5.41) is 8.47. The number of nitrogens with one attached hydrogen (secondary N) is 3. The van der Waals surface area contributed by atoms with Crippen molar-refractivity contribution in [2.24, 2.45) is 11.3 Å². The number of nitrogens with zero attached hydrogens (tertiary/aromatic N) is 4. The SMILES string of the molecule is CC[C@H]1NC(=O)[C@H](Cc2cc(Cl)ccc2Cl)N(C)C(=O)[C@H](CC(C)C)NC(=O)[C@@H](N(C)C(=O)[C@H](C)NC(=O)[C@@H]2CC(F)(F)CN2C(=O)C2(C(F)(F)F)CCCCC2)CCCCN(C)C1=O. The van der Waals surface area contributed by atoms with Crippen LogP contribution in [0.4, 0.5) is 22.0 Å². The molecule has 1 aliphatic carbocycles.